The molecule has 3 aromatic carbocycles. The minimum absolute atomic E-state index is 0. The Balaban J connectivity index is 0.0000155. The van der Waals surface area contributed by atoms with E-state index in [1.807, 2.05) is 24.3 Å². The number of carbonyl (C=O) groups is 8. The van der Waals surface area contributed by atoms with Crippen LogP contribution in [-0.2, 0) is 54.1 Å². The number of amides is 8. The van der Waals surface area contributed by atoms with Crippen LogP contribution in [0.15, 0.2) is 66.7 Å². The molecule has 13 atom stereocenters. The molecule has 15 N–H and O–H groups in total. The number of aromatic nitrogens is 2. The van der Waals surface area contributed by atoms with E-state index in [4.69, 9.17) is 19.4 Å². The monoisotopic (exact) mass is 1430 g/mol. The Morgan fingerprint density at radius 3 is 2.06 bits per heavy atom. The van der Waals surface area contributed by atoms with Crippen molar-refractivity contribution in [1.82, 2.24) is 51.9 Å². The fraction of sp³-hybridized carbons (Fsp3) is 0.562. The number of nitrogens with two attached hydrogens (primary N) is 1. The summed E-state index contributed by atoms with van der Waals surface area (Å²) in [5, 5.41) is 118. The van der Waals surface area contributed by atoms with Gasteiger partial charge in [0, 0.05) is 88.2 Å². The number of methoxy groups -OCH3 is 1. The average molecular weight is 1430 g/mol. The number of hydrogen-bond acceptors (Lipinski definition) is 26. The van der Waals surface area contributed by atoms with Crippen LogP contribution in [0.1, 0.15) is 107 Å². The normalized spacial score (nSPS) is 23.6. The summed E-state index contributed by atoms with van der Waals surface area (Å²) in [7, 11) is 1.69. The zero-order valence-electron chi connectivity index (χ0n) is 55.5. The third-order valence-corrected chi connectivity index (χ3v) is 18.3. The summed E-state index contributed by atoms with van der Waals surface area (Å²) in [4.78, 5) is 117. The fourth-order valence-corrected chi connectivity index (χ4v) is 12.6. The first-order valence-corrected chi connectivity index (χ1v) is 33.9. The van der Waals surface area contributed by atoms with Gasteiger partial charge in [-0.3, -0.25) is 43.4 Å². The first-order valence-electron chi connectivity index (χ1n) is 32.5. The van der Waals surface area contributed by atoms with Crippen molar-refractivity contribution >= 4 is 70.9 Å². The zero-order valence-corrected chi connectivity index (χ0v) is 59.2. The van der Waals surface area contributed by atoms with Crippen LogP contribution in [0.2, 0.25) is 0 Å². The summed E-state index contributed by atoms with van der Waals surface area (Å²) < 4.78 is 20.3. The first-order chi connectivity index (χ1) is 47.0. The number of phenolic OH excluding ortho intramolecular Hbond substituents is 1. The third-order valence-electron chi connectivity index (χ3n) is 16.9. The fourth-order valence-electron chi connectivity index (χ4n) is 11.5. The minimum Gasteiger partial charge on any atom is -0.691 e. The standard InChI is InChI=1S/C64H89N11O21S2.Na/c1-35-33-75-54(55(35)83)60(88)67-32-41(77)30-44(68-56(84)38-14-16-39(17-15-38)61-72-73-62(97-61)40-18-20-43(21-19-40)93-27-11-6-4-5-10-26-92-3)57(85)69-51(36(2)76)63(89)74-34-42(78)31-45(74)58(86)70-52(48(81)28-37-13-22-46(79)49(29-37)94-98-96-95-91)59(87)71-53(64(75)90)47(80)23-25-66-50(82)12-8-7-9-24-65;/h13-22,29,35-36,41-42,44-45,47-48,51-55,76-81,83,91H,4-12,23-28,30-34,65H2,1-3H3,(H,66,82)(H,67,88)(H,68,84)(H,69,85)(H,70,86)(H,71,87);/q;+1/p-1/t35-,36+,41+,42+,44+,45+,47-,48-,51+,52+,53+,54+,55+;/m1./s1. The van der Waals surface area contributed by atoms with Gasteiger partial charge in [0.15, 0.2) is 11.5 Å². The maximum Gasteiger partial charge on any atom is 1.00 e. The summed E-state index contributed by atoms with van der Waals surface area (Å²) >= 11 is 1.30. The summed E-state index contributed by atoms with van der Waals surface area (Å²) in [6.07, 6.45) is -5.62. The van der Waals surface area contributed by atoms with Crippen molar-refractivity contribution in [3.05, 3.63) is 77.9 Å². The number of benzene rings is 3. The Labute approximate surface area is 602 Å². The van der Waals surface area contributed by atoms with Crippen LogP contribution in [0, 0.1) is 5.92 Å². The molecule has 1 aromatic heterocycles. The van der Waals surface area contributed by atoms with E-state index in [0.717, 1.165) is 73.1 Å². The molecule has 0 unspecified atom stereocenters. The van der Waals surface area contributed by atoms with Gasteiger partial charge in [0.2, 0.25) is 41.4 Å². The van der Waals surface area contributed by atoms with Gasteiger partial charge in [0.05, 0.1) is 43.2 Å². The second-order valence-corrected chi connectivity index (χ2v) is 25.9. The molecule has 0 saturated carbocycles. The van der Waals surface area contributed by atoms with Crippen molar-refractivity contribution in [2.24, 2.45) is 11.7 Å². The van der Waals surface area contributed by atoms with Crippen LogP contribution < -0.4 is 81.4 Å². The van der Waals surface area contributed by atoms with Crippen LogP contribution in [0.25, 0.3) is 21.1 Å². The number of ether oxygens (including phenoxy) is 2. The van der Waals surface area contributed by atoms with Crippen LogP contribution >= 0.6 is 23.7 Å². The van der Waals surface area contributed by atoms with Crippen molar-refractivity contribution < 1.29 is 132 Å². The molecule has 8 amide bonds. The molecule has 7 rings (SSSR count). The van der Waals surface area contributed by atoms with Gasteiger partial charge in [-0.2, -0.15) is 0 Å². The average Bonchev–Trinajstić information content (AvgIpc) is 1.68. The summed E-state index contributed by atoms with van der Waals surface area (Å²) in [6, 6.07) is 5.59. The van der Waals surface area contributed by atoms with Gasteiger partial charge in [0.25, 0.3) is 18.2 Å². The number of nitrogens with zero attached hydrogens (tertiary/aromatic N) is 4. The van der Waals surface area contributed by atoms with Crippen LogP contribution in [0.3, 0.4) is 0 Å². The number of fused-ring (bicyclic) bond motifs is 2. The number of carbonyl (C=O) groups excluding carboxylic acids is 8. The van der Waals surface area contributed by atoms with Gasteiger partial charge in [-0.25, -0.2) is 0 Å². The molecular weight excluding hydrogens is 1350 g/mol. The molecule has 3 fully saturated rings. The molecule has 99 heavy (non-hydrogen) atoms. The second-order valence-electron chi connectivity index (χ2n) is 24.4. The van der Waals surface area contributed by atoms with Crippen molar-refractivity contribution in [2.45, 2.75) is 170 Å². The molecule has 0 radical (unpaired) electrons. The number of rotatable bonds is 30. The van der Waals surface area contributed by atoms with E-state index in [2.05, 4.69) is 51.5 Å². The van der Waals surface area contributed by atoms with Gasteiger partial charge >= 0.3 is 29.6 Å². The summed E-state index contributed by atoms with van der Waals surface area (Å²) in [6.45, 7) is 2.46. The Morgan fingerprint density at radius 2 is 1.39 bits per heavy atom. The van der Waals surface area contributed by atoms with Gasteiger partial charge in [-0.05, 0) is 99.7 Å². The molecule has 35 heteroatoms. The van der Waals surface area contributed by atoms with Crippen LogP contribution in [-0.4, -0.2) is 229 Å². The SMILES string of the molecule is COCCCCCCCOc1ccc(-c2nnc(-c3ccc(C(=O)N[C@H]4C[C@H](O)CNC(=O)[C@@H]5[C@@H](O)[C@H](C)CN5C(=O)[C@H]([C@H](O)CCNC(=O)CCCCCN)NC(=O)[C@H]([C@H](O)Cc5ccc(O)c(OSOO[O-])c5)NC(=O)[C@@H]5C[C@H](O)CN5C(=O)[C@H]([C@H](C)O)NC4=O)cc3)s2)cc1.[Na+]. The van der Waals surface area contributed by atoms with E-state index in [0.29, 0.717) is 53.7 Å². The number of aliphatic hydroxyl groups is 6. The number of aliphatic hydroxyl groups excluding tert-OH is 6. The number of nitrogens with one attached hydrogen (secondary N) is 6. The largest absolute Gasteiger partial charge is 1.00 e. The van der Waals surface area contributed by atoms with Gasteiger partial charge in [0.1, 0.15) is 52.0 Å². The molecule has 538 valence electrons. The molecule has 0 aliphatic carbocycles. The van der Waals surface area contributed by atoms with E-state index >= 15 is 4.79 Å². The maximum atomic E-state index is 15.1. The van der Waals surface area contributed by atoms with E-state index in [-0.39, 0.29) is 78.3 Å². The number of β-amino-alcohol motifs (C(OH)–C–C–N with tert-alkyl or cyclic N) is 1. The summed E-state index contributed by atoms with van der Waals surface area (Å²) in [5.74, 6) is -9.38. The quantitative estimate of drug-likeness (QED) is 0.00772. The molecule has 0 bridgehead atoms. The van der Waals surface area contributed by atoms with E-state index in [9.17, 15) is 74.6 Å². The van der Waals surface area contributed by atoms with Crippen molar-refractivity contribution in [3.63, 3.8) is 0 Å². The van der Waals surface area contributed by atoms with Gasteiger partial charge in [-0.15, -0.1) is 14.5 Å². The van der Waals surface area contributed by atoms with Crippen molar-refractivity contribution in [3.8, 4) is 38.4 Å². The van der Waals surface area contributed by atoms with Crippen molar-refractivity contribution in [1.29, 1.82) is 0 Å². The minimum atomic E-state index is -2.17. The number of phenols is 1. The van der Waals surface area contributed by atoms with Crippen LogP contribution in [0.5, 0.6) is 17.2 Å². The van der Waals surface area contributed by atoms with E-state index in [1.54, 1.807) is 19.2 Å². The van der Waals surface area contributed by atoms with Crippen LogP contribution in [0.4, 0.5) is 0 Å². The van der Waals surface area contributed by atoms with E-state index < -0.39 is 171 Å². The zero-order chi connectivity index (χ0) is 71.0. The van der Waals surface area contributed by atoms with E-state index in [1.165, 1.54) is 36.5 Å². The smallest absolute Gasteiger partial charge is 0.691 e. The molecule has 0 spiro atoms. The molecular formula is C64H88N11NaO21S2. The third kappa shape index (κ3) is 23.7. The van der Waals surface area contributed by atoms with Gasteiger partial charge < -0.3 is 102 Å². The Morgan fingerprint density at radius 1 is 0.758 bits per heavy atom. The van der Waals surface area contributed by atoms with Crippen molar-refractivity contribution in [2.75, 3.05) is 53.0 Å². The molecule has 32 nitrogen and oxygen atoms in total. The number of unbranched alkanes of at least 4 members (excludes halogenated alkanes) is 6. The number of hydrogen-bond donors (Lipinski definition) is 14. The molecule has 3 aliphatic heterocycles. The predicted molar refractivity (Wildman–Crippen MR) is 350 cm³/mol. The first kappa shape index (κ1) is 81.3. The maximum absolute atomic E-state index is 15.1. The topological polar surface area (TPSA) is 478 Å². The Bertz CT molecular complexity index is 3290. The number of aromatic hydroxyl groups is 1. The predicted octanol–water partition coefficient (Wildman–Crippen LogP) is -4.30. The second kappa shape index (κ2) is 40.7. The molecule has 3 saturated heterocycles. The Hall–Kier alpha value is -6.71. The Kier molecular flexibility index (Phi) is 33.4. The summed E-state index contributed by atoms with van der Waals surface area (Å²) in [5.41, 5.74) is 7.06. The van der Waals surface area contributed by atoms with Gasteiger partial charge in [-0.1, -0.05) is 62.1 Å². The molecule has 4 aromatic rings. The molecule has 4 heterocycles. The molecule has 3 aliphatic rings.